The van der Waals surface area contributed by atoms with Gasteiger partial charge in [-0.15, -0.1) is 0 Å². The van der Waals surface area contributed by atoms with Gasteiger partial charge in [-0.3, -0.25) is 24.5 Å². The van der Waals surface area contributed by atoms with Gasteiger partial charge >= 0.3 is 0 Å². The first-order valence-corrected chi connectivity index (χ1v) is 14.3. The maximum absolute atomic E-state index is 15.3. The van der Waals surface area contributed by atoms with Gasteiger partial charge in [-0.1, -0.05) is 25.4 Å². The summed E-state index contributed by atoms with van der Waals surface area (Å²) in [7, 11) is 0. The molecule has 1 aromatic heterocycles. The van der Waals surface area contributed by atoms with Crippen molar-refractivity contribution in [1.29, 1.82) is 0 Å². The van der Waals surface area contributed by atoms with Gasteiger partial charge in [0.2, 0.25) is 11.3 Å². The number of hydrogen-bond acceptors (Lipinski definition) is 7. The van der Waals surface area contributed by atoms with Gasteiger partial charge in [0.1, 0.15) is 17.4 Å². The molecule has 2 heterocycles. The normalized spacial score (nSPS) is 16.0. The highest BCUT2D eigenvalue weighted by molar-refractivity contribution is 6.34. The van der Waals surface area contributed by atoms with E-state index in [1.807, 2.05) is 23.3 Å². The lowest BCUT2D eigenvalue weighted by atomic mass is 10.0. The smallest absolute Gasteiger partial charge is 0.271 e. The van der Waals surface area contributed by atoms with Crippen LogP contribution in [0.2, 0.25) is 5.02 Å². The van der Waals surface area contributed by atoms with Crippen molar-refractivity contribution in [2.45, 2.75) is 45.2 Å². The van der Waals surface area contributed by atoms with Crippen molar-refractivity contribution < 1.29 is 18.9 Å². The molecule has 0 radical (unpaired) electrons. The fourth-order valence-corrected chi connectivity index (χ4v) is 5.42. The zero-order valence-corrected chi connectivity index (χ0v) is 24.0. The summed E-state index contributed by atoms with van der Waals surface area (Å²) >= 11 is 6.14. The molecule has 1 saturated carbocycles. The molecule has 0 spiro atoms. The largest absolute Gasteiger partial charge is 0.367 e. The molecule has 42 heavy (non-hydrogen) atoms. The number of pyridine rings is 1. The number of non-ortho nitro benzene ring substituents is 1. The Balaban J connectivity index is 1.45. The molecular weight excluding hydrogens is 567 g/mol. The molecule has 13 heteroatoms. The number of anilines is 2. The second kappa shape index (κ2) is 12.1. The summed E-state index contributed by atoms with van der Waals surface area (Å²) < 4.78 is 17.2. The van der Waals surface area contributed by atoms with Gasteiger partial charge < -0.3 is 25.4 Å². The second-order valence-electron chi connectivity index (χ2n) is 11.1. The third kappa shape index (κ3) is 6.24. The van der Waals surface area contributed by atoms with Crippen LogP contribution >= 0.6 is 11.6 Å². The molecule has 5 rings (SSSR count). The van der Waals surface area contributed by atoms with E-state index >= 15 is 4.39 Å². The lowest BCUT2D eigenvalue weighted by Crippen LogP contribution is -2.46. The van der Waals surface area contributed by atoms with Crippen molar-refractivity contribution >= 4 is 51.4 Å². The average molecular weight is 599 g/mol. The van der Waals surface area contributed by atoms with E-state index in [1.54, 1.807) is 6.07 Å². The van der Waals surface area contributed by atoms with Crippen molar-refractivity contribution in [3.05, 3.63) is 73.3 Å². The number of amides is 2. The van der Waals surface area contributed by atoms with E-state index < -0.39 is 34.0 Å². The number of nitrogens with one attached hydrogen (secondary N) is 3. The third-order valence-corrected chi connectivity index (χ3v) is 7.81. The van der Waals surface area contributed by atoms with Crippen LogP contribution in [0.1, 0.15) is 49.5 Å². The maximum atomic E-state index is 15.3. The van der Waals surface area contributed by atoms with Crippen LogP contribution in [0.25, 0.3) is 10.9 Å². The minimum Gasteiger partial charge on any atom is -0.367 e. The Hall–Kier alpha value is -4.03. The number of aromatic nitrogens is 1. The lowest BCUT2D eigenvalue weighted by molar-refractivity contribution is -0.384. The van der Waals surface area contributed by atoms with Crippen LogP contribution in [-0.2, 0) is 4.79 Å². The number of fused-ring (bicyclic) bond motifs is 1. The Kier molecular flexibility index (Phi) is 8.46. The topological polar surface area (TPSA) is 139 Å². The monoisotopic (exact) mass is 598 g/mol. The third-order valence-electron chi connectivity index (χ3n) is 7.49. The number of nitro groups is 1. The van der Waals surface area contributed by atoms with Crippen molar-refractivity contribution in [2.75, 3.05) is 36.4 Å². The van der Waals surface area contributed by atoms with Crippen LogP contribution < -0.4 is 26.3 Å². The zero-order valence-electron chi connectivity index (χ0n) is 23.3. The van der Waals surface area contributed by atoms with E-state index in [1.165, 1.54) is 24.4 Å². The molecular formula is C29H32ClFN6O5. The molecule has 11 nitrogen and oxygen atoms in total. The number of nitrogens with zero attached hydrogens (tertiary/aromatic N) is 3. The predicted octanol–water partition coefficient (Wildman–Crippen LogP) is 4.23. The fourth-order valence-electron chi connectivity index (χ4n) is 5.20. The number of rotatable bonds is 9. The van der Waals surface area contributed by atoms with Gasteiger partial charge in [-0.05, 0) is 43.4 Å². The first-order chi connectivity index (χ1) is 20.0. The quantitative estimate of drug-likeness (QED) is 0.247. The van der Waals surface area contributed by atoms with E-state index in [0.29, 0.717) is 24.3 Å². The minimum atomic E-state index is -1.04. The Morgan fingerprint density at radius 2 is 1.90 bits per heavy atom. The van der Waals surface area contributed by atoms with E-state index in [0.717, 1.165) is 32.0 Å². The second-order valence-corrected chi connectivity index (χ2v) is 11.5. The summed E-state index contributed by atoms with van der Waals surface area (Å²) in [6.45, 7) is 6.49. The summed E-state index contributed by atoms with van der Waals surface area (Å²) in [5.41, 5.74) is 0.107. The van der Waals surface area contributed by atoms with Gasteiger partial charge in [0.05, 0.1) is 26.8 Å². The number of benzene rings is 2. The van der Waals surface area contributed by atoms with Crippen molar-refractivity contribution in [3.8, 4) is 0 Å². The van der Waals surface area contributed by atoms with Crippen LogP contribution in [0.15, 0.2) is 41.3 Å². The Bertz CT molecular complexity index is 1620. The standard InChI is InChI=1S/C29H32ClFN6O5/c1-16(2)11-24(29(40)33-23-6-5-18(37(41)42)12-21(23)30)34-28(39)20-15-36(17-3-4-17)25-14-26(35-9-7-32-8-10-35)22(31)13-19(25)27(20)38/h5-6,12-17,24,32H,3-4,7-11H2,1-2H3,(H,33,40)(H,34,39). The van der Waals surface area contributed by atoms with Gasteiger partial charge in [-0.25, -0.2) is 4.39 Å². The highest BCUT2D eigenvalue weighted by atomic mass is 35.5. The number of halogens is 2. The highest BCUT2D eigenvalue weighted by Gasteiger charge is 2.30. The maximum Gasteiger partial charge on any atom is 0.271 e. The van der Waals surface area contributed by atoms with E-state index in [9.17, 15) is 24.5 Å². The van der Waals surface area contributed by atoms with Gasteiger partial charge in [0, 0.05) is 55.9 Å². The van der Waals surface area contributed by atoms with Crippen molar-refractivity contribution in [3.63, 3.8) is 0 Å². The molecule has 1 saturated heterocycles. The molecule has 1 unspecified atom stereocenters. The van der Waals surface area contributed by atoms with E-state index in [2.05, 4.69) is 16.0 Å². The number of carbonyl (C=O) groups is 2. The van der Waals surface area contributed by atoms with Gasteiger partial charge in [-0.2, -0.15) is 0 Å². The zero-order chi connectivity index (χ0) is 30.1. The number of piperazine rings is 1. The van der Waals surface area contributed by atoms with Crippen molar-refractivity contribution in [1.82, 2.24) is 15.2 Å². The molecule has 3 N–H and O–H groups in total. The predicted molar refractivity (Wildman–Crippen MR) is 159 cm³/mol. The Labute approximate surface area is 246 Å². The van der Waals surface area contributed by atoms with Crippen LogP contribution in [0.5, 0.6) is 0 Å². The molecule has 1 atom stereocenters. The average Bonchev–Trinajstić information content (AvgIpc) is 3.79. The summed E-state index contributed by atoms with van der Waals surface area (Å²) in [5.74, 6) is -1.88. The number of hydrogen-bond donors (Lipinski definition) is 3. The number of nitro benzene ring substituents is 1. The molecule has 1 aliphatic heterocycles. The molecule has 1 aliphatic carbocycles. The molecule has 0 bridgehead atoms. The van der Waals surface area contributed by atoms with Crippen LogP contribution in [0.3, 0.4) is 0 Å². The Morgan fingerprint density at radius 1 is 1.19 bits per heavy atom. The molecule has 2 fully saturated rings. The summed E-state index contributed by atoms with van der Waals surface area (Å²) in [5, 5.41) is 19.6. The lowest BCUT2D eigenvalue weighted by Gasteiger charge is -2.30. The van der Waals surface area contributed by atoms with Crippen LogP contribution in [0.4, 0.5) is 21.5 Å². The van der Waals surface area contributed by atoms with Crippen molar-refractivity contribution in [2.24, 2.45) is 5.92 Å². The van der Waals surface area contributed by atoms with Crippen LogP contribution in [-0.4, -0.2) is 53.5 Å². The van der Waals surface area contributed by atoms with E-state index in [4.69, 9.17) is 11.6 Å². The summed E-state index contributed by atoms with van der Waals surface area (Å²) in [4.78, 5) is 52.7. The first kappa shape index (κ1) is 29.5. The highest BCUT2D eigenvalue weighted by Crippen LogP contribution is 2.38. The fraction of sp³-hybridized carbons (Fsp3) is 0.414. The Morgan fingerprint density at radius 3 is 2.52 bits per heavy atom. The molecule has 3 aromatic rings. The number of carbonyl (C=O) groups excluding carboxylic acids is 2. The first-order valence-electron chi connectivity index (χ1n) is 13.9. The molecule has 2 aliphatic rings. The summed E-state index contributed by atoms with van der Waals surface area (Å²) in [6.07, 6.45) is 3.49. The SMILES string of the molecule is CC(C)CC(NC(=O)c1cn(C2CC2)c2cc(N3CCNCC3)c(F)cc2c1=O)C(=O)Nc1ccc([N+](=O)[O-])cc1Cl. The minimum absolute atomic E-state index is 0.00869. The molecule has 2 amide bonds. The van der Waals surface area contributed by atoms with Gasteiger partial charge in [0.25, 0.3) is 11.6 Å². The van der Waals surface area contributed by atoms with Gasteiger partial charge in [0.15, 0.2) is 0 Å². The van der Waals surface area contributed by atoms with Crippen LogP contribution in [0, 0.1) is 21.8 Å². The molecule has 2 aromatic carbocycles. The summed E-state index contributed by atoms with van der Waals surface area (Å²) in [6, 6.07) is 5.59. The molecule has 222 valence electrons. The van der Waals surface area contributed by atoms with E-state index in [-0.39, 0.29) is 45.7 Å².